The summed E-state index contributed by atoms with van der Waals surface area (Å²) in [6.07, 6.45) is 2.27. The molecule has 0 spiro atoms. The lowest BCUT2D eigenvalue weighted by Gasteiger charge is -2.09. The number of carbonyl (C=O) groups excluding carboxylic acids is 1. The molecule has 5 nitrogen and oxygen atoms in total. The van der Waals surface area contributed by atoms with Crippen LogP contribution in [-0.2, 0) is 4.79 Å². The second kappa shape index (κ2) is 4.08. The van der Waals surface area contributed by atoms with Gasteiger partial charge in [-0.05, 0) is 5.16 Å². The Morgan fingerprint density at radius 2 is 2.38 bits per heavy atom. The van der Waals surface area contributed by atoms with E-state index in [1.807, 2.05) is 13.8 Å². The lowest BCUT2D eigenvalue weighted by atomic mass is 10.1. The van der Waals surface area contributed by atoms with E-state index in [9.17, 15) is 4.79 Å². The highest BCUT2D eigenvalue weighted by molar-refractivity contribution is 5.94. The third-order valence-corrected chi connectivity index (χ3v) is 2.65. The van der Waals surface area contributed by atoms with Crippen molar-refractivity contribution in [2.24, 2.45) is 5.92 Å². The van der Waals surface area contributed by atoms with E-state index in [-0.39, 0.29) is 17.7 Å². The van der Waals surface area contributed by atoms with Gasteiger partial charge < -0.3 is 4.52 Å². The fourth-order valence-electron chi connectivity index (χ4n) is 1.66. The molecule has 5 heteroatoms. The van der Waals surface area contributed by atoms with Crippen LogP contribution in [-0.4, -0.2) is 22.6 Å². The van der Waals surface area contributed by atoms with Gasteiger partial charge in [-0.1, -0.05) is 19.9 Å². The Balaban J connectivity index is 2.18. The minimum atomic E-state index is 0.0287. The summed E-state index contributed by atoms with van der Waals surface area (Å²) >= 11 is 0. The number of rotatable bonds is 3. The van der Waals surface area contributed by atoms with Gasteiger partial charge >= 0.3 is 0 Å². The molecule has 1 saturated heterocycles. The molecule has 2 rings (SSSR count). The SMILES string of the molecule is C=CC1CC(=O)N(c2noc(C(C)C)n2)C1. The first-order valence-electron chi connectivity index (χ1n) is 5.38. The van der Waals surface area contributed by atoms with E-state index >= 15 is 0 Å². The van der Waals surface area contributed by atoms with Crippen molar-refractivity contribution in [3.63, 3.8) is 0 Å². The highest BCUT2D eigenvalue weighted by Crippen LogP contribution is 2.24. The molecule has 1 aliphatic rings. The highest BCUT2D eigenvalue weighted by atomic mass is 16.5. The molecule has 2 heterocycles. The van der Waals surface area contributed by atoms with Crippen molar-refractivity contribution in [1.82, 2.24) is 10.1 Å². The minimum absolute atomic E-state index is 0.0287. The second-order valence-electron chi connectivity index (χ2n) is 4.29. The number of hydrogen-bond donors (Lipinski definition) is 0. The van der Waals surface area contributed by atoms with Crippen LogP contribution in [0.2, 0.25) is 0 Å². The average Bonchev–Trinajstić information content (AvgIpc) is 2.83. The van der Waals surface area contributed by atoms with Gasteiger partial charge in [0.1, 0.15) is 0 Å². The first-order valence-corrected chi connectivity index (χ1v) is 5.38. The van der Waals surface area contributed by atoms with Gasteiger partial charge in [-0.2, -0.15) is 4.98 Å². The summed E-state index contributed by atoms with van der Waals surface area (Å²) in [5.74, 6) is 1.33. The number of carbonyl (C=O) groups is 1. The van der Waals surface area contributed by atoms with Crippen LogP contribution in [0.5, 0.6) is 0 Å². The molecule has 0 bridgehead atoms. The summed E-state index contributed by atoms with van der Waals surface area (Å²) < 4.78 is 5.07. The van der Waals surface area contributed by atoms with Gasteiger partial charge in [-0.25, -0.2) is 0 Å². The van der Waals surface area contributed by atoms with E-state index in [1.165, 1.54) is 0 Å². The van der Waals surface area contributed by atoms with Gasteiger partial charge in [0.25, 0.3) is 5.95 Å². The van der Waals surface area contributed by atoms with Crippen molar-refractivity contribution in [1.29, 1.82) is 0 Å². The number of anilines is 1. The molecule has 1 atom stereocenters. The van der Waals surface area contributed by atoms with Crippen LogP contribution in [0.1, 0.15) is 32.1 Å². The maximum Gasteiger partial charge on any atom is 0.272 e. The Morgan fingerprint density at radius 1 is 1.62 bits per heavy atom. The summed E-state index contributed by atoms with van der Waals surface area (Å²) in [4.78, 5) is 17.4. The molecule has 1 amide bonds. The molecule has 1 aromatic rings. The third kappa shape index (κ3) is 1.85. The third-order valence-electron chi connectivity index (χ3n) is 2.65. The topological polar surface area (TPSA) is 59.2 Å². The van der Waals surface area contributed by atoms with Crippen LogP contribution >= 0.6 is 0 Å². The Kier molecular flexibility index (Phi) is 2.77. The minimum Gasteiger partial charge on any atom is -0.337 e. The van der Waals surface area contributed by atoms with E-state index in [0.717, 1.165) is 0 Å². The molecule has 0 aromatic carbocycles. The van der Waals surface area contributed by atoms with E-state index in [2.05, 4.69) is 16.7 Å². The Bertz CT molecular complexity index is 411. The van der Waals surface area contributed by atoms with Crippen LogP contribution in [0.25, 0.3) is 0 Å². The van der Waals surface area contributed by atoms with Gasteiger partial charge in [0.05, 0.1) is 0 Å². The molecule has 1 unspecified atom stereocenters. The van der Waals surface area contributed by atoms with E-state index in [4.69, 9.17) is 4.52 Å². The van der Waals surface area contributed by atoms with E-state index < -0.39 is 0 Å². The number of hydrogen-bond acceptors (Lipinski definition) is 4. The Hall–Kier alpha value is -1.65. The zero-order valence-electron chi connectivity index (χ0n) is 9.51. The Morgan fingerprint density at radius 3 is 2.88 bits per heavy atom. The van der Waals surface area contributed by atoms with Crippen LogP contribution in [0.4, 0.5) is 5.95 Å². The van der Waals surface area contributed by atoms with Gasteiger partial charge in [-0.3, -0.25) is 9.69 Å². The van der Waals surface area contributed by atoms with Crippen molar-refractivity contribution < 1.29 is 9.32 Å². The van der Waals surface area contributed by atoms with Crippen LogP contribution in [0, 0.1) is 5.92 Å². The first-order chi connectivity index (χ1) is 7.61. The van der Waals surface area contributed by atoms with Gasteiger partial charge in [-0.15, -0.1) is 6.58 Å². The molecule has 1 fully saturated rings. The molecule has 0 N–H and O–H groups in total. The van der Waals surface area contributed by atoms with Crippen LogP contribution in [0.15, 0.2) is 17.2 Å². The molecule has 86 valence electrons. The maximum atomic E-state index is 11.7. The van der Waals surface area contributed by atoms with Crippen molar-refractivity contribution in [3.8, 4) is 0 Å². The molecule has 0 saturated carbocycles. The Labute approximate surface area is 94.1 Å². The van der Waals surface area contributed by atoms with Crippen molar-refractivity contribution in [3.05, 3.63) is 18.5 Å². The standard InChI is InChI=1S/C11H15N3O2/c1-4-8-5-9(15)14(6-8)11-12-10(7(2)3)16-13-11/h4,7-8H,1,5-6H2,2-3H3. The molecule has 0 aliphatic carbocycles. The largest absolute Gasteiger partial charge is 0.337 e. The molecule has 1 aliphatic heterocycles. The van der Waals surface area contributed by atoms with Crippen molar-refractivity contribution >= 4 is 11.9 Å². The van der Waals surface area contributed by atoms with Gasteiger partial charge in [0.15, 0.2) is 0 Å². The number of aromatic nitrogens is 2. The van der Waals surface area contributed by atoms with E-state index in [1.54, 1.807) is 11.0 Å². The monoisotopic (exact) mass is 221 g/mol. The average molecular weight is 221 g/mol. The summed E-state index contributed by atoms with van der Waals surface area (Å²) in [6.45, 7) is 8.23. The zero-order chi connectivity index (χ0) is 11.7. The number of amides is 1. The maximum absolute atomic E-state index is 11.7. The molecular formula is C11H15N3O2. The van der Waals surface area contributed by atoms with Crippen LogP contribution in [0.3, 0.4) is 0 Å². The van der Waals surface area contributed by atoms with E-state index in [0.29, 0.717) is 24.8 Å². The fourth-order valence-corrected chi connectivity index (χ4v) is 1.66. The fraction of sp³-hybridized carbons (Fsp3) is 0.545. The highest BCUT2D eigenvalue weighted by Gasteiger charge is 2.31. The zero-order valence-corrected chi connectivity index (χ0v) is 9.51. The molecule has 16 heavy (non-hydrogen) atoms. The summed E-state index contributed by atoms with van der Waals surface area (Å²) in [5.41, 5.74) is 0. The normalized spacial score (nSPS) is 20.8. The summed E-state index contributed by atoms with van der Waals surface area (Å²) in [7, 11) is 0. The van der Waals surface area contributed by atoms with Crippen LogP contribution < -0.4 is 4.90 Å². The quantitative estimate of drug-likeness (QED) is 0.729. The predicted molar refractivity (Wildman–Crippen MR) is 59.0 cm³/mol. The summed E-state index contributed by atoms with van der Waals surface area (Å²) in [6, 6.07) is 0. The van der Waals surface area contributed by atoms with Crippen molar-refractivity contribution in [2.75, 3.05) is 11.4 Å². The van der Waals surface area contributed by atoms with Crippen molar-refractivity contribution in [2.45, 2.75) is 26.2 Å². The number of nitrogens with zero attached hydrogens (tertiary/aromatic N) is 3. The predicted octanol–water partition coefficient (Wildman–Crippen LogP) is 1.73. The smallest absolute Gasteiger partial charge is 0.272 e. The lowest BCUT2D eigenvalue weighted by molar-refractivity contribution is -0.117. The molecular weight excluding hydrogens is 206 g/mol. The lowest BCUT2D eigenvalue weighted by Crippen LogP contribution is -2.25. The summed E-state index contributed by atoms with van der Waals surface area (Å²) in [5, 5.41) is 3.82. The molecule has 1 aromatic heterocycles. The second-order valence-corrected chi connectivity index (χ2v) is 4.29. The molecule has 0 radical (unpaired) electrons. The van der Waals surface area contributed by atoms with Gasteiger partial charge in [0.2, 0.25) is 11.8 Å². The first kappa shape index (κ1) is 10.9. The van der Waals surface area contributed by atoms with Gasteiger partial charge in [0, 0.05) is 24.8 Å².